The molecule has 114 valence electrons. The molecule has 1 saturated heterocycles. The fraction of sp³-hybridized carbons (Fsp3) is 0.875. The van der Waals surface area contributed by atoms with Gasteiger partial charge in [0.15, 0.2) is 0 Å². The van der Waals surface area contributed by atoms with E-state index in [2.05, 4.69) is 5.32 Å². The maximum Gasteiger partial charge on any atom is 0.246 e. The molecule has 0 aromatic carbocycles. The molecular weight excluding hydrogens is 252 g/mol. The van der Waals surface area contributed by atoms with Gasteiger partial charge >= 0.3 is 0 Å². The monoisotopic (exact) mass is 280 g/mol. The van der Waals surface area contributed by atoms with E-state index in [1.807, 2.05) is 20.8 Å². The first-order valence-electron chi connectivity index (χ1n) is 8.11. The lowest BCUT2D eigenvalue weighted by molar-refractivity contribution is -0.150. The summed E-state index contributed by atoms with van der Waals surface area (Å²) in [5.41, 5.74) is 0. The Balaban J connectivity index is 1.95. The molecule has 0 radical (unpaired) electrons. The van der Waals surface area contributed by atoms with Crippen molar-refractivity contribution < 1.29 is 9.59 Å². The molecule has 2 aliphatic rings. The molecule has 1 aliphatic heterocycles. The molecule has 2 atom stereocenters. The molecule has 2 fully saturated rings. The highest BCUT2D eigenvalue weighted by atomic mass is 16.2. The van der Waals surface area contributed by atoms with Crippen LogP contribution in [0.1, 0.15) is 59.3 Å². The Morgan fingerprint density at radius 3 is 2.45 bits per heavy atom. The zero-order valence-electron chi connectivity index (χ0n) is 13.0. The predicted octanol–water partition coefficient (Wildman–Crippen LogP) is 2.33. The maximum atomic E-state index is 12.5. The van der Waals surface area contributed by atoms with Crippen LogP contribution in [0, 0.1) is 11.8 Å². The lowest BCUT2D eigenvalue weighted by Gasteiger charge is -2.39. The highest BCUT2D eigenvalue weighted by Crippen LogP contribution is 2.27. The van der Waals surface area contributed by atoms with Gasteiger partial charge in [0.05, 0.1) is 0 Å². The van der Waals surface area contributed by atoms with Gasteiger partial charge in [-0.15, -0.1) is 0 Å². The van der Waals surface area contributed by atoms with Crippen molar-refractivity contribution >= 4 is 11.8 Å². The molecule has 1 N–H and O–H groups in total. The van der Waals surface area contributed by atoms with E-state index in [0.717, 1.165) is 18.9 Å². The molecule has 1 aliphatic carbocycles. The number of nitrogens with zero attached hydrogens (tertiary/aromatic N) is 1. The van der Waals surface area contributed by atoms with Crippen LogP contribution in [0.25, 0.3) is 0 Å². The number of rotatable bonds is 4. The minimum absolute atomic E-state index is 0.00746. The van der Waals surface area contributed by atoms with Gasteiger partial charge < -0.3 is 10.2 Å². The normalized spacial score (nSPS) is 28.9. The van der Waals surface area contributed by atoms with Crippen LogP contribution in [-0.4, -0.2) is 35.3 Å². The average Bonchev–Trinajstić information content (AvgIpc) is 2.43. The van der Waals surface area contributed by atoms with E-state index in [0.29, 0.717) is 0 Å². The summed E-state index contributed by atoms with van der Waals surface area (Å²) in [5.74, 6) is 0.984. The van der Waals surface area contributed by atoms with Gasteiger partial charge in [0.25, 0.3) is 0 Å². The second kappa shape index (κ2) is 6.59. The largest absolute Gasteiger partial charge is 0.342 e. The summed E-state index contributed by atoms with van der Waals surface area (Å²) in [7, 11) is 0. The molecule has 0 bridgehead atoms. The fourth-order valence-corrected chi connectivity index (χ4v) is 3.40. The van der Waals surface area contributed by atoms with E-state index in [1.165, 1.54) is 32.1 Å². The SMILES string of the molecule is CC(C)C1NC(=O)C(C)N(CCC2CCCCC2)C1=O. The van der Waals surface area contributed by atoms with E-state index < -0.39 is 0 Å². The van der Waals surface area contributed by atoms with Gasteiger partial charge in [-0.2, -0.15) is 0 Å². The lowest BCUT2D eigenvalue weighted by atomic mass is 9.86. The number of hydrogen-bond donors (Lipinski definition) is 1. The van der Waals surface area contributed by atoms with Crippen LogP contribution in [-0.2, 0) is 9.59 Å². The number of carbonyl (C=O) groups excluding carboxylic acids is 2. The van der Waals surface area contributed by atoms with E-state index >= 15 is 0 Å². The van der Waals surface area contributed by atoms with Crippen molar-refractivity contribution in [3.63, 3.8) is 0 Å². The fourth-order valence-electron chi connectivity index (χ4n) is 3.40. The third kappa shape index (κ3) is 3.33. The van der Waals surface area contributed by atoms with Crippen molar-refractivity contribution in [1.29, 1.82) is 0 Å². The minimum Gasteiger partial charge on any atom is -0.342 e. The van der Waals surface area contributed by atoms with Crippen molar-refractivity contribution in [3.8, 4) is 0 Å². The summed E-state index contributed by atoms with van der Waals surface area (Å²) < 4.78 is 0. The molecule has 2 amide bonds. The van der Waals surface area contributed by atoms with Crippen molar-refractivity contribution in [2.75, 3.05) is 6.54 Å². The van der Waals surface area contributed by atoms with E-state index in [9.17, 15) is 9.59 Å². The van der Waals surface area contributed by atoms with Crippen molar-refractivity contribution in [2.24, 2.45) is 11.8 Å². The van der Waals surface area contributed by atoms with Crippen LogP contribution in [0.4, 0.5) is 0 Å². The molecule has 4 nitrogen and oxygen atoms in total. The van der Waals surface area contributed by atoms with Crippen molar-refractivity contribution in [2.45, 2.75) is 71.4 Å². The highest BCUT2D eigenvalue weighted by molar-refractivity contribution is 5.96. The van der Waals surface area contributed by atoms with E-state index in [-0.39, 0.29) is 29.8 Å². The number of amides is 2. The standard InChI is InChI=1S/C16H28N2O2/c1-11(2)14-16(20)18(12(3)15(19)17-14)10-9-13-7-5-4-6-8-13/h11-14H,4-10H2,1-3H3,(H,17,19). The van der Waals surface area contributed by atoms with Crippen LogP contribution in [0.5, 0.6) is 0 Å². The number of nitrogens with one attached hydrogen (secondary N) is 1. The van der Waals surface area contributed by atoms with Gasteiger partial charge in [0.1, 0.15) is 12.1 Å². The molecule has 2 unspecified atom stereocenters. The molecule has 4 heteroatoms. The van der Waals surface area contributed by atoms with E-state index in [4.69, 9.17) is 0 Å². The number of piperazine rings is 1. The molecule has 0 aromatic rings. The quantitative estimate of drug-likeness (QED) is 0.859. The van der Waals surface area contributed by atoms with Gasteiger partial charge in [-0.1, -0.05) is 46.0 Å². The summed E-state index contributed by atoms with van der Waals surface area (Å²) in [6.07, 6.45) is 7.63. The Morgan fingerprint density at radius 2 is 1.85 bits per heavy atom. The second-order valence-electron chi connectivity index (χ2n) is 6.73. The van der Waals surface area contributed by atoms with Crippen LogP contribution in [0.2, 0.25) is 0 Å². The molecule has 20 heavy (non-hydrogen) atoms. The summed E-state index contributed by atoms with van der Waals surface area (Å²) in [6, 6.07) is -0.661. The van der Waals surface area contributed by atoms with Gasteiger partial charge in [0, 0.05) is 6.54 Å². The first-order valence-corrected chi connectivity index (χ1v) is 8.11. The average molecular weight is 280 g/mol. The molecule has 1 heterocycles. The van der Waals surface area contributed by atoms with Crippen LogP contribution < -0.4 is 5.32 Å². The first-order chi connectivity index (χ1) is 9.50. The minimum atomic E-state index is -0.343. The summed E-state index contributed by atoms with van der Waals surface area (Å²) in [6.45, 7) is 6.54. The van der Waals surface area contributed by atoms with Crippen LogP contribution in [0.15, 0.2) is 0 Å². The molecule has 0 spiro atoms. The van der Waals surface area contributed by atoms with Crippen molar-refractivity contribution in [3.05, 3.63) is 0 Å². The van der Waals surface area contributed by atoms with Gasteiger partial charge in [-0.3, -0.25) is 9.59 Å². The summed E-state index contributed by atoms with van der Waals surface area (Å²) in [5, 5.41) is 2.85. The third-order valence-electron chi connectivity index (χ3n) is 4.86. The molecule has 0 aromatic heterocycles. The van der Waals surface area contributed by atoms with Crippen LogP contribution >= 0.6 is 0 Å². The Kier molecular flexibility index (Phi) is 5.06. The Bertz CT molecular complexity index is 361. The Hall–Kier alpha value is -1.06. The van der Waals surface area contributed by atoms with Crippen molar-refractivity contribution in [1.82, 2.24) is 10.2 Å². The number of carbonyl (C=O) groups is 2. The molecule has 1 saturated carbocycles. The molecule has 2 rings (SSSR count). The van der Waals surface area contributed by atoms with Gasteiger partial charge in [-0.25, -0.2) is 0 Å². The van der Waals surface area contributed by atoms with Crippen LogP contribution in [0.3, 0.4) is 0 Å². The summed E-state index contributed by atoms with van der Waals surface area (Å²) >= 11 is 0. The predicted molar refractivity (Wildman–Crippen MR) is 79.1 cm³/mol. The zero-order chi connectivity index (χ0) is 14.7. The topological polar surface area (TPSA) is 49.4 Å². The van der Waals surface area contributed by atoms with Gasteiger partial charge in [-0.05, 0) is 25.2 Å². The molecular formula is C16H28N2O2. The Labute approximate surface area is 122 Å². The first kappa shape index (κ1) is 15.3. The summed E-state index contributed by atoms with van der Waals surface area (Å²) in [4.78, 5) is 26.3. The second-order valence-corrected chi connectivity index (χ2v) is 6.73. The number of hydrogen-bond acceptors (Lipinski definition) is 2. The third-order valence-corrected chi connectivity index (χ3v) is 4.86. The Morgan fingerprint density at radius 1 is 1.20 bits per heavy atom. The lowest BCUT2D eigenvalue weighted by Crippen LogP contribution is -2.64. The smallest absolute Gasteiger partial charge is 0.246 e. The highest BCUT2D eigenvalue weighted by Gasteiger charge is 2.39. The van der Waals surface area contributed by atoms with E-state index in [1.54, 1.807) is 4.90 Å². The van der Waals surface area contributed by atoms with Gasteiger partial charge in [0.2, 0.25) is 11.8 Å². The zero-order valence-corrected chi connectivity index (χ0v) is 13.0. The maximum absolute atomic E-state index is 12.5.